The molecular formula is C22H22ClN3O4. The zero-order chi connectivity index (χ0) is 21.6. The van der Waals surface area contributed by atoms with E-state index in [0.717, 1.165) is 0 Å². The normalized spacial score (nSPS) is 16.2. The van der Waals surface area contributed by atoms with Crippen LogP contribution in [-0.4, -0.2) is 36.7 Å². The topological polar surface area (TPSA) is 111 Å². The molecule has 0 radical (unpaired) electrons. The van der Waals surface area contributed by atoms with Crippen molar-refractivity contribution in [1.82, 2.24) is 5.32 Å². The summed E-state index contributed by atoms with van der Waals surface area (Å²) >= 11 is 5.91. The van der Waals surface area contributed by atoms with Gasteiger partial charge in [0.2, 0.25) is 0 Å². The van der Waals surface area contributed by atoms with Gasteiger partial charge < -0.3 is 20.5 Å². The number of carbonyl (C=O) groups excluding carboxylic acids is 2. The van der Waals surface area contributed by atoms with Gasteiger partial charge in [-0.2, -0.15) is 5.26 Å². The Morgan fingerprint density at radius 1 is 1.17 bits per heavy atom. The molecule has 1 aliphatic rings. The van der Waals surface area contributed by atoms with Gasteiger partial charge in [-0.15, -0.1) is 0 Å². The van der Waals surface area contributed by atoms with Crippen LogP contribution in [0, 0.1) is 17.2 Å². The average Bonchev–Trinajstić information content (AvgIpc) is 2.78. The van der Waals surface area contributed by atoms with Crippen molar-refractivity contribution in [3.63, 3.8) is 0 Å². The lowest BCUT2D eigenvalue weighted by molar-refractivity contribution is -0.137. The number of anilines is 1. The van der Waals surface area contributed by atoms with Crippen molar-refractivity contribution in [3.05, 3.63) is 64.7 Å². The monoisotopic (exact) mass is 427 g/mol. The summed E-state index contributed by atoms with van der Waals surface area (Å²) in [5.41, 5.74) is -0.342. The predicted molar refractivity (Wildman–Crippen MR) is 112 cm³/mol. The minimum Gasteiger partial charge on any atom is -0.383 e. The molecule has 1 fully saturated rings. The molecule has 0 aliphatic carbocycles. The molecule has 0 saturated carbocycles. The van der Waals surface area contributed by atoms with E-state index in [1.165, 1.54) is 18.2 Å². The van der Waals surface area contributed by atoms with E-state index in [1.807, 2.05) is 24.3 Å². The van der Waals surface area contributed by atoms with Gasteiger partial charge in [0, 0.05) is 18.2 Å². The first-order valence-corrected chi connectivity index (χ1v) is 9.96. The van der Waals surface area contributed by atoms with E-state index in [-0.39, 0.29) is 23.7 Å². The van der Waals surface area contributed by atoms with Crippen LogP contribution in [0.2, 0.25) is 5.02 Å². The number of ether oxygens (including phenoxy) is 1. The van der Waals surface area contributed by atoms with E-state index in [0.29, 0.717) is 36.6 Å². The second kappa shape index (κ2) is 9.72. The number of hydrogen-bond donors (Lipinski definition) is 3. The standard InChI is InChI=1S/C22H22ClN3O4/c23-18-7-6-15(13-24)19(12-18)26-21(28)20(27)25-14-22(29,16-4-2-1-3-5-16)17-8-10-30-11-9-17/h1-7,12,17,29H,8-11,14H2,(H,25,27)(H,26,28). The van der Waals surface area contributed by atoms with Crippen LogP contribution in [-0.2, 0) is 19.9 Å². The summed E-state index contributed by atoms with van der Waals surface area (Å²) in [4.78, 5) is 24.8. The summed E-state index contributed by atoms with van der Waals surface area (Å²) in [5, 5.41) is 25.9. The van der Waals surface area contributed by atoms with E-state index in [2.05, 4.69) is 10.6 Å². The van der Waals surface area contributed by atoms with E-state index in [4.69, 9.17) is 21.6 Å². The maximum absolute atomic E-state index is 12.4. The second-order valence-corrected chi connectivity index (χ2v) is 7.55. The number of benzene rings is 2. The third kappa shape index (κ3) is 4.97. The summed E-state index contributed by atoms with van der Waals surface area (Å²) in [6, 6.07) is 15.4. The molecule has 2 aromatic rings. The zero-order valence-corrected chi connectivity index (χ0v) is 17.0. The van der Waals surface area contributed by atoms with Crippen molar-refractivity contribution >= 4 is 29.1 Å². The molecule has 1 aliphatic heterocycles. The first kappa shape index (κ1) is 21.8. The van der Waals surface area contributed by atoms with Crippen molar-refractivity contribution in [1.29, 1.82) is 5.26 Å². The summed E-state index contributed by atoms with van der Waals surface area (Å²) in [7, 11) is 0. The third-order valence-corrected chi connectivity index (χ3v) is 5.48. The molecule has 1 atom stereocenters. The number of hydrogen-bond acceptors (Lipinski definition) is 5. The van der Waals surface area contributed by atoms with Gasteiger partial charge in [-0.05, 0) is 42.5 Å². The third-order valence-electron chi connectivity index (χ3n) is 5.25. The Bertz CT molecular complexity index is 955. The Morgan fingerprint density at radius 3 is 2.53 bits per heavy atom. The molecule has 0 spiro atoms. The van der Waals surface area contributed by atoms with Crippen molar-refractivity contribution in [2.45, 2.75) is 18.4 Å². The number of aliphatic hydroxyl groups is 1. The molecule has 0 bridgehead atoms. The van der Waals surface area contributed by atoms with Crippen LogP contribution < -0.4 is 10.6 Å². The van der Waals surface area contributed by atoms with E-state index >= 15 is 0 Å². The number of halogens is 1. The highest BCUT2D eigenvalue weighted by molar-refractivity contribution is 6.40. The number of nitriles is 1. The average molecular weight is 428 g/mol. The van der Waals surface area contributed by atoms with Crippen LogP contribution in [0.1, 0.15) is 24.0 Å². The zero-order valence-electron chi connectivity index (χ0n) is 16.2. The second-order valence-electron chi connectivity index (χ2n) is 7.12. The molecular weight excluding hydrogens is 406 g/mol. The fraction of sp³-hybridized carbons (Fsp3) is 0.318. The Morgan fingerprint density at radius 2 is 1.87 bits per heavy atom. The lowest BCUT2D eigenvalue weighted by atomic mass is 9.77. The van der Waals surface area contributed by atoms with Crippen LogP contribution in [0.4, 0.5) is 5.69 Å². The van der Waals surface area contributed by atoms with Crippen LogP contribution in [0.15, 0.2) is 48.5 Å². The highest BCUT2D eigenvalue weighted by Gasteiger charge is 2.39. The Kier molecular flexibility index (Phi) is 7.06. The largest absolute Gasteiger partial charge is 0.383 e. The molecule has 2 amide bonds. The van der Waals surface area contributed by atoms with Gasteiger partial charge >= 0.3 is 11.8 Å². The van der Waals surface area contributed by atoms with Gasteiger partial charge in [-0.1, -0.05) is 41.9 Å². The van der Waals surface area contributed by atoms with Gasteiger partial charge in [0.1, 0.15) is 11.7 Å². The van der Waals surface area contributed by atoms with Crippen LogP contribution in [0.25, 0.3) is 0 Å². The first-order chi connectivity index (χ1) is 14.4. The van der Waals surface area contributed by atoms with Crippen molar-refractivity contribution < 1.29 is 19.4 Å². The van der Waals surface area contributed by atoms with Gasteiger partial charge in [0.25, 0.3) is 0 Å². The van der Waals surface area contributed by atoms with Gasteiger partial charge in [-0.3, -0.25) is 9.59 Å². The van der Waals surface area contributed by atoms with Crippen molar-refractivity contribution in [3.8, 4) is 6.07 Å². The Hall–Kier alpha value is -2.92. The molecule has 7 nitrogen and oxygen atoms in total. The number of nitrogens with one attached hydrogen (secondary N) is 2. The summed E-state index contributed by atoms with van der Waals surface area (Å²) in [5.74, 6) is -1.99. The maximum atomic E-state index is 12.4. The molecule has 2 aromatic carbocycles. The van der Waals surface area contributed by atoms with Crippen LogP contribution >= 0.6 is 11.6 Å². The Labute approximate surface area is 179 Å². The van der Waals surface area contributed by atoms with Gasteiger partial charge in [0.15, 0.2) is 0 Å². The smallest absolute Gasteiger partial charge is 0.313 e. The van der Waals surface area contributed by atoms with Gasteiger partial charge in [-0.25, -0.2) is 0 Å². The predicted octanol–water partition coefficient (Wildman–Crippen LogP) is 2.58. The minimum absolute atomic E-state index is 0.130. The van der Waals surface area contributed by atoms with E-state index in [1.54, 1.807) is 12.1 Å². The number of rotatable bonds is 5. The lowest BCUT2D eigenvalue weighted by Gasteiger charge is -2.39. The SMILES string of the molecule is N#Cc1ccc(Cl)cc1NC(=O)C(=O)NCC(O)(c1ccccc1)C1CCOCC1. The first-order valence-electron chi connectivity index (χ1n) is 9.58. The molecule has 156 valence electrons. The Balaban J connectivity index is 1.72. The highest BCUT2D eigenvalue weighted by atomic mass is 35.5. The number of carbonyl (C=O) groups is 2. The number of nitrogens with zero attached hydrogens (tertiary/aromatic N) is 1. The molecule has 1 unspecified atom stereocenters. The lowest BCUT2D eigenvalue weighted by Crippen LogP contribution is -2.49. The summed E-state index contributed by atoms with van der Waals surface area (Å²) in [6.45, 7) is 0.925. The molecule has 1 saturated heterocycles. The highest BCUT2D eigenvalue weighted by Crippen LogP contribution is 2.35. The van der Waals surface area contributed by atoms with Crippen molar-refractivity contribution in [2.75, 3.05) is 25.1 Å². The molecule has 3 N–H and O–H groups in total. The fourth-order valence-electron chi connectivity index (χ4n) is 3.58. The minimum atomic E-state index is -1.34. The van der Waals surface area contributed by atoms with E-state index in [9.17, 15) is 14.7 Å². The molecule has 1 heterocycles. The quantitative estimate of drug-likeness (QED) is 0.635. The molecule has 3 rings (SSSR count). The van der Waals surface area contributed by atoms with E-state index < -0.39 is 17.4 Å². The van der Waals surface area contributed by atoms with Gasteiger partial charge in [0.05, 0.1) is 17.8 Å². The maximum Gasteiger partial charge on any atom is 0.313 e. The van der Waals surface area contributed by atoms with Crippen molar-refractivity contribution in [2.24, 2.45) is 5.92 Å². The number of amides is 2. The molecule has 0 aromatic heterocycles. The van der Waals surface area contributed by atoms with Crippen LogP contribution in [0.3, 0.4) is 0 Å². The molecule has 8 heteroatoms. The summed E-state index contributed by atoms with van der Waals surface area (Å²) in [6.07, 6.45) is 1.28. The van der Waals surface area contributed by atoms with Crippen LogP contribution in [0.5, 0.6) is 0 Å². The fourth-order valence-corrected chi connectivity index (χ4v) is 3.75. The summed E-state index contributed by atoms with van der Waals surface area (Å²) < 4.78 is 5.39. The molecule has 30 heavy (non-hydrogen) atoms.